The number of ether oxygens (including phenoxy) is 1. The van der Waals surface area contributed by atoms with Crippen LogP contribution in [0.15, 0.2) is 18.2 Å². The SMILES string of the molecule is COc1ccc(C(C)(C)CC(C)(C)C)cc1C(=O)C(=O)O. The maximum absolute atomic E-state index is 11.8. The van der Waals surface area contributed by atoms with Gasteiger partial charge in [-0.2, -0.15) is 0 Å². The van der Waals surface area contributed by atoms with Gasteiger partial charge in [0.05, 0.1) is 12.7 Å². The highest BCUT2D eigenvalue weighted by molar-refractivity contribution is 6.40. The predicted octanol–water partition coefficient (Wildman–Crippen LogP) is 3.68. The van der Waals surface area contributed by atoms with E-state index in [2.05, 4.69) is 34.6 Å². The van der Waals surface area contributed by atoms with E-state index in [1.807, 2.05) is 6.07 Å². The van der Waals surface area contributed by atoms with Crippen LogP contribution < -0.4 is 4.74 Å². The Labute approximate surface area is 126 Å². The Morgan fingerprint density at radius 1 is 1.14 bits per heavy atom. The van der Waals surface area contributed by atoms with Crippen molar-refractivity contribution in [1.29, 1.82) is 0 Å². The summed E-state index contributed by atoms with van der Waals surface area (Å²) in [5.74, 6) is -2.13. The molecule has 1 aromatic carbocycles. The van der Waals surface area contributed by atoms with Gasteiger partial charge in [-0.25, -0.2) is 4.79 Å². The standard InChI is InChI=1S/C17H24O4/c1-16(2,3)10-17(4,5)11-7-8-13(21-6)12(9-11)14(18)15(19)20/h7-9H,10H2,1-6H3,(H,19,20). The van der Waals surface area contributed by atoms with E-state index in [0.29, 0.717) is 0 Å². The van der Waals surface area contributed by atoms with Gasteiger partial charge in [0.25, 0.3) is 5.78 Å². The van der Waals surface area contributed by atoms with Gasteiger partial charge < -0.3 is 9.84 Å². The molecule has 116 valence electrons. The molecule has 0 spiro atoms. The molecule has 1 N–H and O–H groups in total. The molecular weight excluding hydrogens is 268 g/mol. The molecule has 1 aromatic rings. The molecule has 0 saturated heterocycles. The predicted molar refractivity (Wildman–Crippen MR) is 82.1 cm³/mol. The number of aliphatic carboxylic acids is 1. The van der Waals surface area contributed by atoms with Gasteiger partial charge in [-0.05, 0) is 34.9 Å². The van der Waals surface area contributed by atoms with Gasteiger partial charge in [-0.15, -0.1) is 0 Å². The summed E-state index contributed by atoms with van der Waals surface area (Å²) in [4.78, 5) is 22.8. The maximum atomic E-state index is 11.8. The van der Waals surface area contributed by atoms with Crippen molar-refractivity contribution in [3.8, 4) is 5.75 Å². The Hall–Kier alpha value is -1.84. The Bertz CT molecular complexity index is 550. The second-order valence-corrected chi connectivity index (χ2v) is 7.17. The van der Waals surface area contributed by atoms with Crippen molar-refractivity contribution in [1.82, 2.24) is 0 Å². The molecule has 0 aromatic heterocycles. The summed E-state index contributed by atoms with van der Waals surface area (Å²) >= 11 is 0. The molecule has 0 aliphatic rings. The molecule has 0 radical (unpaired) electrons. The lowest BCUT2D eigenvalue weighted by molar-refractivity contribution is -0.131. The third-order valence-electron chi connectivity index (χ3n) is 3.39. The third kappa shape index (κ3) is 4.31. The van der Waals surface area contributed by atoms with E-state index in [-0.39, 0.29) is 22.1 Å². The number of hydrogen-bond donors (Lipinski definition) is 1. The van der Waals surface area contributed by atoms with Crippen LogP contribution in [0.2, 0.25) is 0 Å². The van der Waals surface area contributed by atoms with E-state index in [1.54, 1.807) is 12.1 Å². The third-order valence-corrected chi connectivity index (χ3v) is 3.39. The van der Waals surface area contributed by atoms with Gasteiger partial charge in [0.1, 0.15) is 5.75 Å². The zero-order valence-corrected chi connectivity index (χ0v) is 13.6. The Morgan fingerprint density at radius 3 is 2.14 bits per heavy atom. The first kappa shape index (κ1) is 17.2. The molecule has 0 saturated carbocycles. The van der Waals surface area contributed by atoms with Crippen molar-refractivity contribution in [2.24, 2.45) is 5.41 Å². The number of methoxy groups -OCH3 is 1. The molecule has 0 aliphatic carbocycles. The topological polar surface area (TPSA) is 63.6 Å². The number of carbonyl (C=O) groups excluding carboxylic acids is 1. The number of carbonyl (C=O) groups is 2. The number of carboxylic acids is 1. The Balaban J connectivity index is 3.31. The summed E-state index contributed by atoms with van der Waals surface area (Å²) in [5, 5.41) is 8.93. The maximum Gasteiger partial charge on any atom is 0.377 e. The smallest absolute Gasteiger partial charge is 0.377 e. The molecule has 4 heteroatoms. The fraction of sp³-hybridized carbons (Fsp3) is 0.529. The second-order valence-electron chi connectivity index (χ2n) is 7.17. The van der Waals surface area contributed by atoms with Gasteiger partial charge in [0.2, 0.25) is 0 Å². The molecule has 21 heavy (non-hydrogen) atoms. The fourth-order valence-electron chi connectivity index (χ4n) is 2.85. The van der Waals surface area contributed by atoms with Gasteiger partial charge in [-0.1, -0.05) is 40.7 Å². The molecular formula is C17H24O4. The highest BCUT2D eigenvalue weighted by Gasteiger charge is 2.29. The molecule has 0 bridgehead atoms. The van der Waals surface area contributed by atoms with E-state index in [4.69, 9.17) is 9.84 Å². The van der Waals surface area contributed by atoms with Crippen molar-refractivity contribution >= 4 is 11.8 Å². The van der Waals surface area contributed by atoms with Crippen LogP contribution in [0, 0.1) is 5.41 Å². The summed E-state index contributed by atoms with van der Waals surface area (Å²) in [7, 11) is 1.42. The molecule has 0 fully saturated rings. The van der Waals surface area contributed by atoms with Crippen molar-refractivity contribution in [3.05, 3.63) is 29.3 Å². The number of rotatable bonds is 5. The minimum atomic E-state index is -1.47. The summed E-state index contributed by atoms with van der Waals surface area (Å²) in [5.41, 5.74) is 0.991. The van der Waals surface area contributed by atoms with Crippen LogP contribution in [0.4, 0.5) is 0 Å². The first-order chi connectivity index (χ1) is 9.48. The van der Waals surface area contributed by atoms with Gasteiger partial charge in [0.15, 0.2) is 0 Å². The molecule has 0 atom stereocenters. The zero-order chi connectivity index (χ0) is 16.4. The molecule has 0 amide bonds. The van der Waals surface area contributed by atoms with Crippen LogP contribution in [0.3, 0.4) is 0 Å². The minimum Gasteiger partial charge on any atom is -0.496 e. The normalized spacial score (nSPS) is 12.1. The number of carboxylic acid groups (broad SMARTS) is 1. The molecule has 0 unspecified atom stereocenters. The largest absolute Gasteiger partial charge is 0.496 e. The monoisotopic (exact) mass is 292 g/mol. The van der Waals surface area contributed by atoms with Crippen molar-refractivity contribution in [3.63, 3.8) is 0 Å². The Morgan fingerprint density at radius 2 is 1.71 bits per heavy atom. The van der Waals surface area contributed by atoms with Gasteiger partial charge >= 0.3 is 5.97 Å². The highest BCUT2D eigenvalue weighted by Crippen LogP contribution is 2.37. The highest BCUT2D eigenvalue weighted by atomic mass is 16.5. The first-order valence-electron chi connectivity index (χ1n) is 6.94. The molecule has 1 rings (SSSR count). The van der Waals surface area contributed by atoms with Crippen molar-refractivity contribution in [2.45, 2.75) is 46.5 Å². The lowest BCUT2D eigenvalue weighted by Crippen LogP contribution is -2.25. The van der Waals surface area contributed by atoms with Crippen LogP contribution >= 0.6 is 0 Å². The summed E-state index contributed by atoms with van der Waals surface area (Å²) in [6.07, 6.45) is 0.910. The minimum absolute atomic E-state index is 0.101. The molecule has 0 heterocycles. The lowest BCUT2D eigenvalue weighted by Gasteiger charge is -2.33. The Kier molecular flexibility index (Phi) is 4.82. The first-order valence-corrected chi connectivity index (χ1v) is 6.94. The van der Waals surface area contributed by atoms with Gasteiger partial charge in [0, 0.05) is 0 Å². The summed E-state index contributed by atoms with van der Waals surface area (Å²) in [6, 6.07) is 5.19. The van der Waals surface area contributed by atoms with Crippen LogP contribution in [-0.2, 0) is 10.2 Å². The van der Waals surface area contributed by atoms with E-state index in [1.165, 1.54) is 7.11 Å². The fourth-order valence-corrected chi connectivity index (χ4v) is 2.85. The van der Waals surface area contributed by atoms with Crippen LogP contribution in [-0.4, -0.2) is 24.0 Å². The second kappa shape index (κ2) is 5.88. The summed E-state index contributed by atoms with van der Waals surface area (Å²) < 4.78 is 5.10. The van der Waals surface area contributed by atoms with Crippen LogP contribution in [0.5, 0.6) is 5.75 Å². The van der Waals surface area contributed by atoms with Crippen LogP contribution in [0.25, 0.3) is 0 Å². The number of benzene rings is 1. The van der Waals surface area contributed by atoms with E-state index >= 15 is 0 Å². The quantitative estimate of drug-likeness (QED) is 0.664. The van der Waals surface area contributed by atoms with Crippen LogP contribution in [0.1, 0.15) is 57.0 Å². The van der Waals surface area contributed by atoms with Crippen molar-refractivity contribution in [2.75, 3.05) is 7.11 Å². The number of Topliss-reactive ketones (excluding diaryl/α,β-unsaturated/α-hetero) is 1. The van der Waals surface area contributed by atoms with E-state index in [0.717, 1.165) is 12.0 Å². The summed E-state index contributed by atoms with van der Waals surface area (Å²) in [6.45, 7) is 10.6. The molecule has 4 nitrogen and oxygen atoms in total. The zero-order valence-electron chi connectivity index (χ0n) is 13.6. The lowest BCUT2D eigenvalue weighted by atomic mass is 9.72. The van der Waals surface area contributed by atoms with Crippen molar-refractivity contribution < 1.29 is 19.4 Å². The van der Waals surface area contributed by atoms with E-state index < -0.39 is 11.8 Å². The number of hydrogen-bond acceptors (Lipinski definition) is 3. The molecule has 0 aliphatic heterocycles. The average Bonchev–Trinajstić information content (AvgIpc) is 2.34. The van der Waals surface area contributed by atoms with E-state index in [9.17, 15) is 9.59 Å². The van der Waals surface area contributed by atoms with Gasteiger partial charge in [-0.3, -0.25) is 4.79 Å². The average molecular weight is 292 g/mol. The number of ketones is 1.